The van der Waals surface area contributed by atoms with E-state index in [2.05, 4.69) is 4.98 Å². The fraction of sp³-hybridized carbons (Fsp3) is 0. The largest absolute Gasteiger partial charge is 1.00 e. The molecule has 2 rings (SSSR count). The number of aromatic nitrogens is 1. The predicted molar refractivity (Wildman–Crippen MR) is 48.5 cm³/mol. The Kier molecular flexibility index (Phi) is 4.16. The molecule has 2 aromatic rings. The molecule has 0 amide bonds. The van der Waals surface area contributed by atoms with Crippen LogP contribution in [0.5, 0.6) is 0 Å². The third-order valence-corrected chi connectivity index (χ3v) is 1.86. The van der Waals surface area contributed by atoms with Crippen LogP contribution in [0.25, 0.3) is 10.9 Å². The number of benzene rings is 1. The molecule has 4 heteroatoms. The summed E-state index contributed by atoms with van der Waals surface area (Å²) in [6.07, 6.45) is 0. The number of fused-ring (bicyclic) bond motifs is 1. The Bertz CT molecular complexity index is 480. The van der Waals surface area contributed by atoms with Crippen LogP contribution in [0.1, 0.15) is 0 Å². The van der Waals surface area contributed by atoms with Crippen LogP contribution in [0.15, 0.2) is 35.1 Å². The number of rotatable bonds is 0. The van der Waals surface area contributed by atoms with Gasteiger partial charge in [0.15, 0.2) is 0 Å². The van der Waals surface area contributed by atoms with Crippen LogP contribution in [0.2, 0.25) is 5.02 Å². The Morgan fingerprint density at radius 3 is 2.69 bits per heavy atom. The van der Waals surface area contributed by atoms with Crippen molar-refractivity contribution >= 4 is 22.5 Å². The van der Waals surface area contributed by atoms with Crippen LogP contribution in [-0.2, 0) is 0 Å². The molecular weight excluding hydrogens is 213 g/mol. The maximum Gasteiger partial charge on any atom is 1.00 e. The molecule has 0 atom stereocenters. The van der Waals surface area contributed by atoms with Gasteiger partial charge in [0.05, 0.1) is 5.56 Å². The van der Waals surface area contributed by atoms with Crippen LogP contribution < -0.4 is 61.9 Å². The van der Waals surface area contributed by atoms with Gasteiger partial charge in [-0.3, -0.25) is 0 Å². The molecule has 0 fully saturated rings. The van der Waals surface area contributed by atoms with Crippen molar-refractivity contribution < 1.29 is 51.4 Å². The minimum atomic E-state index is -0.218. The summed E-state index contributed by atoms with van der Waals surface area (Å²) >= 11 is 5.75. The molecule has 0 unspecified atom stereocenters. The van der Waals surface area contributed by atoms with E-state index in [1.54, 1.807) is 24.3 Å². The summed E-state index contributed by atoms with van der Waals surface area (Å²) < 4.78 is 0. The summed E-state index contributed by atoms with van der Waals surface area (Å²) in [4.78, 5) is 14.6. The van der Waals surface area contributed by atoms with Crippen molar-refractivity contribution in [3.05, 3.63) is 45.7 Å². The zero-order chi connectivity index (χ0) is 8.55. The number of hydrogen-bond donors (Lipinski definition) is 0. The zero-order valence-electron chi connectivity index (χ0n) is 7.12. The molecule has 13 heavy (non-hydrogen) atoms. The van der Waals surface area contributed by atoms with E-state index in [0.29, 0.717) is 10.5 Å². The van der Waals surface area contributed by atoms with Crippen molar-refractivity contribution in [2.45, 2.75) is 0 Å². The third-order valence-electron chi connectivity index (χ3n) is 1.63. The van der Waals surface area contributed by atoms with E-state index in [0.717, 1.165) is 5.39 Å². The quantitative estimate of drug-likeness (QED) is 0.520. The Morgan fingerprint density at radius 2 is 1.92 bits per heavy atom. The summed E-state index contributed by atoms with van der Waals surface area (Å²) in [5, 5.41) is 1.55. The van der Waals surface area contributed by atoms with Crippen LogP contribution >= 0.6 is 11.6 Å². The van der Waals surface area contributed by atoms with E-state index in [-0.39, 0.29) is 56.9 Å². The first-order valence-corrected chi connectivity index (χ1v) is 3.87. The predicted octanol–water partition coefficient (Wildman–Crippen LogP) is -1.19. The Morgan fingerprint density at radius 1 is 1.15 bits per heavy atom. The normalized spacial score (nSPS) is 9.62. The Balaban J connectivity index is 0.000000845. The van der Waals surface area contributed by atoms with Gasteiger partial charge in [0.2, 0.25) is 0 Å². The van der Waals surface area contributed by atoms with Crippen LogP contribution in [0.4, 0.5) is 0 Å². The maximum absolute atomic E-state index is 10.8. The Hall–Kier alpha value is 0.356. The van der Waals surface area contributed by atoms with Crippen LogP contribution in [0.3, 0.4) is 0 Å². The van der Waals surface area contributed by atoms with Gasteiger partial charge in [0, 0.05) is 5.02 Å². The van der Waals surface area contributed by atoms with Crippen molar-refractivity contribution in [3.8, 4) is 0 Å². The summed E-state index contributed by atoms with van der Waals surface area (Å²) in [7, 11) is 0. The van der Waals surface area contributed by atoms with Gasteiger partial charge in [-0.2, -0.15) is 0 Å². The second-order valence-corrected chi connectivity index (χ2v) is 2.92. The summed E-state index contributed by atoms with van der Waals surface area (Å²) in [5.41, 5.74) is 0.469. The van der Waals surface area contributed by atoms with Gasteiger partial charge in [-0.25, -0.2) is 0 Å². The molecule has 0 spiro atoms. The first-order chi connectivity index (χ1) is 5.75. The molecule has 0 aliphatic heterocycles. The van der Waals surface area contributed by atoms with E-state index < -0.39 is 0 Å². The van der Waals surface area contributed by atoms with Crippen LogP contribution in [0, 0.1) is 0 Å². The molecule has 0 radical (unpaired) electrons. The van der Waals surface area contributed by atoms with E-state index in [1.165, 1.54) is 6.07 Å². The first kappa shape index (κ1) is 11.4. The van der Waals surface area contributed by atoms with Gasteiger partial charge in [-0.1, -0.05) is 23.7 Å². The molecule has 1 aromatic carbocycles. The zero-order valence-corrected chi connectivity index (χ0v) is 11.0. The molecule has 60 valence electrons. The second kappa shape index (κ2) is 4.73. The van der Waals surface area contributed by atoms with Crippen molar-refractivity contribution in [1.82, 2.24) is 4.98 Å². The number of pyridine rings is 1. The number of nitrogens with zero attached hydrogens (tertiary/aromatic N) is 1. The molecule has 0 bridgehead atoms. The van der Waals surface area contributed by atoms with Gasteiger partial charge in [-0.05, 0) is 23.6 Å². The molecule has 0 saturated carbocycles. The number of hydrogen-bond acceptors (Lipinski definition) is 1. The van der Waals surface area contributed by atoms with Crippen molar-refractivity contribution in [2.75, 3.05) is 0 Å². The van der Waals surface area contributed by atoms with Gasteiger partial charge >= 0.3 is 51.4 Å². The van der Waals surface area contributed by atoms with Gasteiger partial charge in [0.25, 0.3) is 0 Å². The second-order valence-electron chi connectivity index (χ2n) is 2.49. The average Bonchev–Trinajstić information content (AvgIpc) is 2.05. The summed E-state index contributed by atoms with van der Waals surface area (Å²) in [6, 6.07) is 8.38. The molecular formula is C9H5ClKNO. The van der Waals surface area contributed by atoms with Crippen molar-refractivity contribution in [3.63, 3.8) is 0 Å². The fourth-order valence-corrected chi connectivity index (χ4v) is 1.26. The maximum atomic E-state index is 10.8. The van der Waals surface area contributed by atoms with E-state index in [4.69, 9.17) is 11.6 Å². The van der Waals surface area contributed by atoms with Crippen molar-refractivity contribution in [2.24, 2.45) is 0 Å². The molecule has 0 saturated heterocycles. The van der Waals surface area contributed by atoms with E-state index in [1.807, 2.05) is 0 Å². The smallest absolute Gasteiger partial charge is 0.623 e. The van der Waals surface area contributed by atoms with E-state index >= 15 is 0 Å². The Labute approximate surface area is 123 Å². The summed E-state index contributed by atoms with van der Waals surface area (Å²) in [6.45, 7) is 0. The van der Waals surface area contributed by atoms with Gasteiger partial charge < -0.3 is 9.78 Å². The van der Waals surface area contributed by atoms with Crippen LogP contribution in [-0.4, -0.2) is 0 Å². The monoisotopic (exact) mass is 217 g/mol. The third kappa shape index (κ3) is 2.65. The van der Waals surface area contributed by atoms with Gasteiger partial charge in [0.1, 0.15) is 0 Å². The minimum absolute atomic E-state index is 0. The molecule has 1 aromatic heterocycles. The van der Waals surface area contributed by atoms with Gasteiger partial charge in [-0.15, -0.1) is 5.52 Å². The summed E-state index contributed by atoms with van der Waals surface area (Å²) in [5.74, 6) is 0. The molecule has 0 N–H and O–H groups in total. The molecule has 1 heterocycles. The topological polar surface area (TPSA) is 31.2 Å². The SMILES string of the molecule is O=c1ccc2cc(Cl)ccc2[n-]1.[K+]. The van der Waals surface area contributed by atoms with E-state index in [9.17, 15) is 4.79 Å². The molecule has 0 aliphatic rings. The standard InChI is InChI=1S/C9H6ClNO.K/c10-7-2-3-8-6(5-7)1-4-9(12)11-8;/h1-5H,(H,11,12);/q;+1/p-1. The molecule has 0 aliphatic carbocycles. The van der Waals surface area contributed by atoms with Crippen molar-refractivity contribution in [1.29, 1.82) is 0 Å². The minimum Gasteiger partial charge on any atom is -0.623 e. The molecule has 2 nitrogen and oxygen atoms in total. The number of halogens is 1. The average molecular weight is 218 g/mol. The first-order valence-electron chi connectivity index (χ1n) is 3.49. The fourth-order valence-electron chi connectivity index (χ4n) is 1.08.